The number of nitriles is 2. The van der Waals surface area contributed by atoms with Crippen molar-refractivity contribution in [3.63, 3.8) is 0 Å². The second-order valence-corrected chi connectivity index (χ2v) is 5.14. The summed E-state index contributed by atoms with van der Waals surface area (Å²) in [6, 6.07) is 3.87. The zero-order valence-electron chi connectivity index (χ0n) is 10.9. The molecule has 0 bridgehead atoms. The van der Waals surface area contributed by atoms with Crippen LogP contribution in [0.5, 0.6) is 0 Å². The van der Waals surface area contributed by atoms with Gasteiger partial charge in [0.25, 0.3) is 0 Å². The second-order valence-electron chi connectivity index (χ2n) is 5.14. The number of amides is 1. The van der Waals surface area contributed by atoms with Crippen molar-refractivity contribution < 1.29 is 4.79 Å². The number of nitrogens with zero attached hydrogens (tertiary/aromatic N) is 3. The van der Waals surface area contributed by atoms with Crippen LogP contribution in [-0.2, 0) is 4.79 Å². The van der Waals surface area contributed by atoms with Gasteiger partial charge in [-0.05, 0) is 31.6 Å². The molecule has 2 N–H and O–H groups in total. The topological polar surface area (TPSA) is 93.9 Å². The number of carbonyl (C=O) groups excluding carboxylic acids is 1. The van der Waals surface area contributed by atoms with Crippen LogP contribution in [0.2, 0.25) is 0 Å². The largest absolute Gasteiger partial charge is 0.329 e. The Balaban J connectivity index is 2.83. The highest BCUT2D eigenvalue weighted by molar-refractivity contribution is 5.83. The van der Waals surface area contributed by atoms with E-state index in [1.807, 2.05) is 12.1 Å². The third-order valence-electron chi connectivity index (χ3n) is 3.89. The summed E-state index contributed by atoms with van der Waals surface area (Å²) >= 11 is 0. The maximum atomic E-state index is 12.5. The normalized spacial score (nSPS) is 27.0. The van der Waals surface area contributed by atoms with Crippen LogP contribution in [0.4, 0.5) is 0 Å². The summed E-state index contributed by atoms with van der Waals surface area (Å²) in [7, 11) is 0. The summed E-state index contributed by atoms with van der Waals surface area (Å²) in [5.74, 6) is 0.498. The van der Waals surface area contributed by atoms with E-state index < -0.39 is 5.41 Å². The number of rotatable bonds is 4. The summed E-state index contributed by atoms with van der Waals surface area (Å²) in [4.78, 5) is 13.8. The molecule has 0 atom stereocenters. The molecule has 0 unspecified atom stereocenters. The quantitative estimate of drug-likeness (QED) is 0.751. The Morgan fingerprint density at radius 3 is 2.22 bits per heavy atom. The van der Waals surface area contributed by atoms with E-state index in [-0.39, 0.29) is 19.0 Å². The maximum absolute atomic E-state index is 12.5. The molecule has 0 saturated heterocycles. The standard InChI is InChI=1S/C13H20N4O/c1-11-2-4-13(10-16,5-3-11)12(18)17(8-6-14)9-7-15/h11H,2-5,8-10,16H2,1H3. The SMILES string of the molecule is CC1CCC(CN)(C(=O)N(CC#N)CC#N)CC1. The zero-order valence-corrected chi connectivity index (χ0v) is 10.9. The molecule has 0 aromatic heterocycles. The summed E-state index contributed by atoms with van der Waals surface area (Å²) in [5, 5.41) is 17.4. The molecule has 98 valence electrons. The first kappa shape index (κ1) is 14.5. The molecule has 0 aromatic carbocycles. The monoisotopic (exact) mass is 248 g/mol. The maximum Gasteiger partial charge on any atom is 0.231 e. The fourth-order valence-corrected chi connectivity index (χ4v) is 2.53. The van der Waals surface area contributed by atoms with E-state index in [0.717, 1.165) is 25.7 Å². The Labute approximate surface area is 108 Å². The van der Waals surface area contributed by atoms with Crippen molar-refractivity contribution in [3.05, 3.63) is 0 Å². The minimum atomic E-state index is -0.555. The third-order valence-corrected chi connectivity index (χ3v) is 3.89. The molecular formula is C13H20N4O. The van der Waals surface area contributed by atoms with E-state index >= 15 is 0 Å². The van der Waals surface area contributed by atoms with Crippen LogP contribution >= 0.6 is 0 Å². The van der Waals surface area contributed by atoms with Gasteiger partial charge < -0.3 is 10.6 Å². The lowest BCUT2D eigenvalue weighted by Gasteiger charge is -2.39. The molecule has 1 amide bonds. The molecule has 1 rings (SSSR count). The Hall–Kier alpha value is -1.59. The fourth-order valence-electron chi connectivity index (χ4n) is 2.53. The average Bonchev–Trinajstić information content (AvgIpc) is 2.39. The molecule has 1 aliphatic carbocycles. The Morgan fingerprint density at radius 2 is 1.83 bits per heavy atom. The lowest BCUT2D eigenvalue weighted by molar-refractivity contribution is -0.142. The highest BCUT2D eigenvalue weighted by Crippen LogP contribution is 2.39. The average molecular weight is 248 g/mol. The smallest absolute Gasteiger partial charge is 0.231 e. The van der Waals surface area contributed by atoms with E-state index in [2.05, 4.69) is 6.92 Å². The highest BCUT2D eigenvalue weighted by atomic mass is 16.2. The highest BCUT2D eigenvalue weighted by Gasteiger charge is 2.42. The van der Waals surface area contributed by atoms with Crippen LogP contribution in [0.25, 0.3) is 0 Å². The van der Waals surface area contributed by atoms with Gasteiger partial charge in [0.1, 0.15) is 13.1 Å². The van der Waals surface area contributed by atoms with E-state index in [1.165, 1.54) is 4.90 Å². The zero-order chi connectivity index (χ0) is 13.6. The van der Waals surface area contributed by atoms with E-state index in [9.17, 15) is 4.79 Å². The van der Waals surface area contributed by atoms with Gasteiger partial charge in [-0.15, -0.1) is 0 Å². The van der Waals surface area contributed by atoms with Crippen LogP contribution < -0.4 is 5.73 Å². The predicted molar refractivity (Wildman–Crippen MR) is 66.9 cm³/mol. The van der Waals surface area contributed by atoms with Crippen LogP contribution in [0.15, 0.2) is 0 Å². The van der Waals surface area contributed by atoms with Gasteiger partial charge >= 0.3 is 0 Å². The third kappa shape index (κ3) is 3.00. The van der Waals surface area contributed by atoms with Gasteiger partial charge in [0, 0.05) is 6.54 Å². The van der Waals surface area contributed by atoms with E-state index in [0.29, 0.717) is 12.5 Å². The molecule has 1 saturated carbocycles. The predicted octanol–water partition coefficient (Wildman–Crippen LogP) is 1.02. The number of carbonyl (C=O) groups is 1. The molecule has 18 heavy (non-hydrogen) atoms. The van der Waals surface area contributed by atoms with Gasteiger partial charge in [0.15, 0.2) is 0 Å². The van der Waals surface area contributed by atoms with Crippen molar-refractivity contribution in [1.29, 1.82) is 10.5 Å². The molecule has 0 spiro atoms. The van der Waals surface area contributed by atoms with E-state index in [4.69, 9.17) is 16.3 Å². The van der Waals surface area contributed by atoms with Crippen molar-refractivity contribution in [1.82, 2.24) is 4.90 Å². The van der Waals surface area contributed by atoms with Crippen LogP contribution in [0.1, 0.15) is 32.6 Å². The Bertz CT molecular complexity index is 355. The molecule has 0 radical (unpaired) electrons. The first-order valence-corrected chi connectivity index (χ1v) is 6.33. The van der Waals surface area contributed by atoms with Gasteiger partial charge in [-0.25, -0.2) is 0 Å². The van der Waals surface area contributed by atoms with Crippen LogP contribution in [-0.4, -0.2) is 30.4 Å². The van der Waals surface area contributed by atoms with Crippen LogP contribution in [0, 0.1) is 34.0 Å². The van der Waals surface area contributed by atoms with Gasteiger partial charge in [-0.1, -0.05) is 6.92 Å². The summed E-state index contributed by atoms with van der Waals surface area (Å²) in [6.45, 7) is 2.40. The molecule has 5 heteroatoms. The van der Waals surface area contributed by atoms with Gasteiger partial charge in [-0.3, -0.25) is 4.79 Å². The lowest BCUT2D eigenvalue weighted by atomic mass is 9.70. The summed E-state index contributed by atoms with van der Waals surface area (Å²) in [5.41, 5.74) is 5.25. The van der Waals surface area contributed by atoms with Crippen molar-refractivity contribution in [2.75, 3.05) is 19.6 Å². The minimum absolute atomic E-state index is 0.0380. The van der Waals surface area contributed by atoms with Crippen LogP contribution in [0.3, 0.4) is 0 Å². The summed E-state index contributed by atoms with van der Waals surface area (Å²) in [6.07, 6.45) is 3.49. The van der Waals surface area contributed by atoms with Crippen molar-refractivity contribution in [2.45, 2.75) is 32.6 Å². The lowest BCUT2D eigenvalue weighted by Crippen LogP contribution is -2.50. The van der Waals surface area contributed by atoms with Crippen molar-refractivity contribution in [2.24, 2.45) is 17.1 Å². The molecule has 0 heterocycles. The first-order chi connectivity index (χ1) is 8.59. The van der Waals surface area contributed by atoms with Gasteiger partial charge in [0.05, 0.1) is 17.6 Å². The first-order valence-electron chi connectivity index (χ1n) is 6.33. The van der Waals surface area contributed by atoms with Crippen molar-refractivity contribution >= 4 is 5.91 Å². The molecule has 0 aliphatic heterocycles. The number of hydrogen-bond acceptors (Lipinski definition) is 4. The second kappa shape index (κ2) is 6.37. The molecule has 5 nitrogen and oxygen atoms in total. The number of hydrogen-bond donors (Lipinski definition) is 1. The van der Waals surface area contributed by atoms with Crippen molar-refractivity contribution in [3.8, 4) is 12.1 Å². The molecule has 0 aromatic rings. The molecular weight excluding hydrogens is 228 g/mol. The minimum Gasteiger partial charge on any atom is -0.329 e. The molecule has 1 fully saturated rings. The Morgan fingerprint density at radius 1 is 1.33 bits per heavy atom. The molecule has 1 aliphatic rings. The summed E-state index contributed by atoms with van der Waals surface area (Å²) < 4.78 is 0. The van der Waals surface area contributed by atoms with Gasteiger partial charge in [-0.2, -0.15) is 10.5 Å². The Kier molecular flexibility index (Phi) is 5.12. The fraction of sp³-hybridized carbons (Fsp3) is 0.769. The number of nitrogens with two attached hydrogens (primary N) is 1. The van der Waals surface area contributed by atoms with E-state index in [1.54, 1.807) is 0 Å². The van der Waals surface area contributed by atoms with Gasteiger partial charge in [0.2, 0.25) is 5.91 Å².